The molecule has 0 saturated carbocycles. The van der Waals surface area contributed by atoms with Crippen molar-refractivity contribution in [2.45, 2.75) is 33.5 Å². The Kier molecular flexibility index (Phi) is 4.47. The van der Waals surface area contributed by atoms with Gasteiger partial charge in [0.25, 0.3) is 0 Å². The van der Waals surface area contributed by atoms with E-state index in [2.05, 4.69) is 15.3 Å². The Hall–Kier alpha value is -1.50. The van der Waals surface area contributed by atoms with Gasteiger partial charge in [-0.2, -0.15) is 0 Å². The fourth-order valence-electron chi connectivity index (χ4n) is 1.82. The van der Waals surface area contributed by atoms with Gasteiger partial charge >= 0.3 is 0 Å². The van der Waals surface area contributed by atoms with Crippen LogP contribution in [0.3, 0.4) is 0 Å². The van der Waals surface area contributed by atoms with Gasteiger partial charge in [-0.15, -0.1) is 11.3 Å². The second-order valence-electron chi connectivity index (χ2n) is 4.32. The lowest BCUT2D eigenvalue weighted by atomic mass is 10.1. The molecule has 2 aromatic heterocycles. The van der Waals surface area contributed by atoms with Crippen LogP contribution in [0.2, 0.25) is 0 Å². The van der Waals surface area contributed by atoms with E-state index in [9.17, 15) is 10.2 Å². The molecule has 0 radical (unpaired) electrons. The first-order chi connectivity index (χ1) is 9.11. The van der Waals surface area contributed by atoms with Crippen molar-refractivity contribution in [3.8, 4) is 5.75 Å². The van der Waals surface area contributed by atoms with Gasteiger partial charge in [-0.05, 0) is 13.8 Å². The number of hydrogen-bond acceptors (Lipinski definition) is 6. The van der Waals surface area contributed by atoms with Crippen LogP contribution in [0.1, 0.15) is 27.5 Å². The average molecular weight is 279 g/mol. The highest BCUT2D eigenvalue weighted by Gasteiger charge is 2.11. The third-order valence-corrected chi connectivity index (χ3v) is 3.70. The molecular weight excluding hydrogens is 262 g/mol. The highest BCUT2D eigenvalue weighted by molar-refractivity contribution is 7.09. The predicted octanol–water partition coefficient (Wildman–Crippen LogP) is 1.64. The van der Waals surface area contributed by atoms with Crippen molar-refractivity contribution in [1.29, 1.82) is 0 Å². The zero-order valence-electron chi connectivity index (χ0n) is 11.0. The maximum absolute atomic E-state index is 9.98. The Morgan fingerprint density at radius 2 is 2.11 bits per heavy atom. The minimum atomic E-state index is -0.131. The Morgan fingerprint density at radius 1 is 1.32 bits per heavy atom. The van der Waals surface area contributed by atoms with Crippen LogP contribution in [0.5, 0.6) is 5.75 Å². The molecule has 0 aromatic carbocycles. The molecule has 0 aliphatic heterocycles. The summed E-state index contributed by atoms with van der Waals surface area (Å²) in [5.41, 5.74) is 2.89. The second-order valence-corrected chi connectivity index (χ2v) is 5.38. The molecule has 0 aliphatic rings. The zero-order valence-corrected chi connectivity index (χ0v) is 11.8. The third kappa shape index (κ3) is 3.28. The molecule has 5 nitrogen and oxygen atoms in total. The predicted molar refractivity (Wildman–Crippen MR) is 74.0 cm³/mol. The number of rotatable bonds is 5. The molecule has 3 N–H and O–H groups in total. The molecule has 0 atom stereocenters. The summed E-state index contributed by atoms with van der Waals surface area (Å²) in [7, 11) is 0. The van der Waals surface area contributed by atoms with Gasteiger partial charge in [-0.25, -0.2) is 4.98 Å². The standard InChI is InChI=1S/C13H17N3O2S/c1-8-13(18)12(10(6-17)3-15-8)5-14-4-11-7-19-9(2)16-11/h3,7,14,17-18H,4-6H2,1-2H3. The van der Waals surface area contributed by atoms with Gasteiger partial charge in [0.2, 0.25) is 0 Å². The number of aryl methyl sites for hydroxylation is 2. The maximum Gasteiger partial charge on any atom is 0.141 e. The van der Waals surface area contributed by atoms with E-state index in [0.717, 1.165) is 10.7 Å². The van der Waals surface area contributed by atoms with Crippen molar-refractivity contribution < 1.29 is 10.2 Å². The maximum atomic E-state index is 9.98. The van der Waals surface area contributed by atoms with E-state index < -0.39 is 0 Å². The fraction of sp³-hybridized carbons (Fsp3) is 0.385. The van der Waals surface area contributed by atoms with Crippen molar-refractivity contribution >= 4 is 11.3 Å². The highest BCUT2D eigenvalue weighted by atomic mass is 32.1. The lowest BCUT2D eigenvalue weighted by molar-refractivity contribution is 0.278. The van der Waals surface area contributed by atoms with E-state index in [-0.39, 0.29) is 12.4 Å². The summed E-state index contributed by atoms with van der Waals surface area (Å²) in [6.07, 6.45) is 1.60. The molecule has 6 heteroatoms. The first-order valence-electron chi connectivity index (χ1n) is 6.00. The molecule has 19 heavy (non-hydrogen) atoms. The van der Waals surface area contributed by atoms with Gasteiger partial charge in [0.1, 0.15) is 5.75 Å². The molecule has 2 rings (SSSR count). The van der Waals surface area contributed by atoms with Crippen LogP contribution < -0.4 is 5.32 Å². The molecule has 0 spiro atoms. The smallest absolute Gasteiger partial charge is 0.141 e. The summed E-state index contributed by atoms with van der Waals surface area (Å²) in [6, 6.07) is 0. The van der Waals surface area contributed by atoms with Crippen molar-refractivity contribution in [1.82, 2.24) is 15.3 Å². The molecule has 0 aliphatic carbocycles. The molecule has 0 unspecified atom stereocenters. The summed E-state index contributed by atoms with van der Waals surface area (Å²) in [5.74, 6) is 0.147. The second kappa shape index (κ2) is 6.10. The number of aliphatic hydroxyl groups is 1. The van der Waals surface area contributed by atoms with E-state index in [1.54, 1.807) is 24.5 Å². The Balaban J connectivity index is 2.04. The Bertz CT molecular complexity index is 569. The largest absolute Gasteiger partial charge is 0.506 e. The molecule has 102 valence electrons. The van der Waals surface area contributed by atoms with E-state index >= 15 is 0 Å². The van der Waals surface area contributed by atoms with E-state index in [4.69, 9.17) is 0 Å². The average Bonchev–Trinajstić information content (AvgIpc) is 2.80. The number of pyridine rings is 1. The normalized spacial score (nSPS) is 10.9. The molecule has 0 amide bonds. The van der Waals surface area contributed by atoms with Gasteiger partial charge in [0.05, 0.1) is 23.0 Å². The molecular formula is C13H17N3O2S. The summed E-state index contributed by atoms with van der Waals surface area (Å²) in [5, 5.41) is 25.5. The minimum Gasteiger partial charge on any atom is -0.506 e. The van der Waals surface area contributed by atoms with Gasteiger partial charge in [-0.1, -0.05) is 0 Å². The van der Waals surface area contributed by atoms with E-state index in [1.165, 1.54) is 0 Å². The minimum absolute atomic E-state index is 0.131. The van der Waals surface area contributed by atoms with Gasteiger partial charge < -0.3 is 15.5 Å². The first kappa shape index (κ1) is 13.9. The van der Waals surface area contributed by atoms with Crippen LogP contribution in [-0.2, 0) is 19.7 Å². The summed E-state index contributed by atoms with van der Waals surface area (Å²) < 4.78 is 0. The number of thiazole rings is 1. The molecule has 0 saturated heterocycles. The van der Waals surface area contributed by atoms with Crippen LogP contribution in [-0.4, -0.2) is 20.2 Å². The van der Waals surface area contributed by atoms with Crippen LogP contribution in [0.25, 0.3) is 0 Å². The van der Waals surface area contributed by atoms with Crippen molar-refractivity contribution in [3.05, 3.63) is 39.1 Å². The summed E-state index contributed by atoms with van der Waals surface area (Å²) >= 11 is 1.61. The van der Waals surface area contributed by atoms with Crippen molar-refractivity contribution in [2.24, 2.45) is 0 Å². The van der Waals surface area contributed by atoms with E-state index in [0.29, 0.717) is 29.9 Å². The monoisotopic (exact) mass is 279 g/mol. The number of nitrogens with one attached hydrogen (secondary N) is 1. The Morgan fingerprint density at radius 3 is 2.74 bits per heavy atom. The lowest BCUT2D eigenvalue weighted by Gasteiger charge is -2.11. The van der Waals surface area contributed by atoms with Gasteiger partial charge in [-0.3, -0.25) is 4.98 Å². The van der Waals surface area contributed by atoms with Crippen molar-refractivity contribution in [2.75, 3.05) is 0 Å². The van der Waals surface area contributed by atoms with Gasteiger partial charge in [0, 0.05) is 35.8 Å². The summed E-state index contributed by atoms with van der Waals surface area (Å²) in [6.45, 7) is 4.69. The number of aromatic nitrogens is 2. The van der Waals surface area contributed by atoms with E-state index in [1.807, 2.05) is 12.3 Å². The SMILES string of the molecule is Cc1nc(CNCc2c(CO)cnc(C)c2O)cs1. The lowest BCUT2D eigenvalue weighted by Crippen LogP contribution is -2.15. The van der Waals surface area contributed by atoms with Crippen LogP contribution in [0.15, 0.2) is 11.6 Å². The molecule has 2 heterocycles. The van der Waals surface area contributed by atoms with Gasteiger partial charge in [0.15, 0.2) is 0 Å². The number of aromatic hydroxyl groups is 1. The Labute approximate surface area is 116 Å². The van der Waals surface area contributed by atoms with Crippen molar-refractivity contribution in [3.63, 3.8) is 0 Å². The zero-order chi connectivity index (χ0) is 13.8. The highest BCUT2D eigenvalue weighted by Crippen LogP contribution is 2.23. The topological polar surface area (TPSA) is 78.3 Å². The molecule has 2 aromatic rings. The quantitative estimate of drug-likeness (QED) is 0.775. The fourth-order valence-corrected chi connectivity index (χ4v) is 2.44. The van der Waals surface area contributed by atoms with Crippen LogP contribution in [0, 0.1) is 13.8 Å². The first-order valence-corrected chi connectivity index (χ1v) is 6.88. The molecule has 0 fully saturated rings. The molecule has 0 bridgehead atoms. The number of nitrogens with zero attached hydrogens (tertiary/aromatic N) is 2. The third-order valence-electron chi connectivity index (χ3n) is 2.88. The van der Waals surface area contributed by atoms with Crippen LogP contribution >= 0.6 is 11.3 Å². The number of aliphatic hydroxyl groups excluding tert-OH is 1. The summed E-state index contributed by atoms with van der Waals surface area (Å²) in [4.78, 5) is 8.39. The van der Waals surface area contributed by atoms with Crippen LogP contribution in [0.4, 0.5) is 0 Å². The number of hydrogen-bond donors (Lipinski definition) is 3.